The normalized spacial score (nSPS) is 9.87. The summed E-state index contributed by atoms with van der Waals surface area (Å²) in [4.78, 5) is 1.07. The van der Waals surface area contributed by atoms with Crippen molar-refractivity contribution in [2.75, 3.05) is 25.6 Å². The second-order valence-electron chi connectivity index (χ2n) is 2.82. The van der Waals surface area contributed by atoms with Crippen LogP contribution >= 0.6 is 11.8 Å². The maximum atomic E-state index is 8.69. The average molecular weight is 223 g/mol. The Morgan fingerprint density at radius 1 is 1.40 bits per heavy atom. The summed E-state index contributed by atoms with van der Waals surface area (Å²) in [7, 11) is 0. The minimum Gasteiger partial charge on any atom is -0.394 e. The number of aliphatic hydroxyl groups excluding tert-OH is 1. The van der Waals surface area contributed by atoms with Gasteiger partial charge in [0.2, 0.25) is 0 Å². The second kappa shape index (κ2) is 7.30. The molecule has 0 saturated carbocycles. The number of aliphatic hydroxyl groups is 1. The summed E-state index contributed by atoms with van der Waals surface area (Å²) in [5.74, 6) is 0.828. The first-order chi connectivity index (χ1) is 7.36. The largest absolute Gasteiger partial charge is 0.394 e. The molecule has 3 nitrogen and oxygen atoms in total. The van der Waals surface area contributed by atoms with Crippen molar-refractivity contribution in [1.82, 2.24) is 0 Å². The fraction of sp³-hybridized carbons (Fsp3) is 0.364. The van der Waals surface area contributed by atoms with Crippen LogP contribution < -0.4 is 0 Å². The summed E-state index contributed by atoms with van der Waals surface area (Å²) in [5.41, 5.74) is 0.677. The number of nitriles is 1. The molecule has 80 valence electrons. The Kier molecular flexibility index (Phi) is 5.86. The van der Waals surface area contributed by atoms with E-state index >= 15 is 0 Å². The average Bonchev–Trinajstić information content (AvgIpc) is 2.29. The molecule has 0 fully saturated rings. The summed E-state index contributed by atoms with van der Waals surface area (Å²) in [5, 5.41) is 17.2. The van der Waals surface area contributed by atoms with Crippen LogP contribution in [0.2, 0.25) is 0 Å². The molecule has 0 aliphatic carbocycles. The van der Waals surface area contributed by atoms with E-state index in [2.05, 4.69) is 6.07 Å². The van der Waals surface area contributed by atoms with Gasteiger partial charge in [0.05, 0.1) is 31.5 Å². The Hall–Kier alpha value is -1.02. The van der Waals surface area contributed by atoms with Gasteiger partial charge in [0, 0.05) is 10.6 Å². The Balaban J connectivity index is 2.28. The SMILES string of the molecule is N#Cc1cccc(SCCOCCO)c1. The van der Waals surface area contributed by atoms with Gasteiger partial charge in [0.1, 0.15) is 0 Å². The fourth-order valence-electron chi connectivity index (χ4n) is 1.04. The highest BCUT2D eigenvalue weighted by Crippen LogP contribution is 2.18. The lowest BCUT2D eigenvalue weighted by Gasteiger charge is -2.02. The molecule has 0 aliphatic heterocycles. The van der Waals surface area contributed by atoms with E-state index in [0.717, 1.165) is 10.6 Å². The molecule has 0 bridgehead atoms. The lowest BCUT2D eigenvalue weighted by Crippen LogP contribution is -2.02. The van der Waals surface area contributed by atoms with Crippen LogP contribution in [0.3, 0.4) is 0 Å². The van der Waals surface area contributed by atoms with Crippen molar-refractivity contribution in [1.29, 1.82) is 5.26 Å². The van der Waals surface area contributed by atoms with Crippen LogP contribution in [-0.2, 0) is 4.74 Å². The number of benzene rings is 1. The molecule has 0 saturated heterocycles. The highest BCUT2D eigenvalue weighted by Gasteiger charge is 1.96. The van der Waals surface area contributed by atoms with Crippen molar-refractivity contribution < 1.29 is 9.84 Å². The third kappa shape index (κ3) is 4.84. The minimum absolute atomic E-state index is 0.0641. The summed E-state index contributed by atoms with van der Waals surface area (Å²) in [6.07, 6.45) is 0. The van der Waals surface area contributed by atoms with E-state index in [9.17, 15) is 0 Å². The highest BCUT2D eigenvalue weighted by molar-refractivity contribution is 7.99. The number of hydrogen-bond acceptors (Lipinski definition) is 4. The van der Waals surface area contributed by atoms with Gasteiger partial charge in [-0.25, -0.2) is 0 Å². The van der Waals surface area contributed by atoms with Crippen molar-refractivity contribution in [3.05, 3.63) is 29.8 Å². The first kappa shape index (κ1) is 12.1. The van der Waals surface area contributed by atoms with Gasteiger partial charge in [-0.2, -0.15) is 5.26 Å². The third-order valence-corrected chi connectivity index (χ3v) is 2.65. The van der Waals surface area contributed by atoms with Crippen molar-refractivity contribution in [2.45, 2.75) is 4.90 Å². The Morgan fingerprint density at radius 2 is 2.27 bits per heavy atom. The van der Waals surface area contributed by atoms with Gasteiger partial charge in [-0.05, 0) is 18.2 Å². The van der Waals surface area contributed by atoms with Gasteiger partial charge in [-0.3, -0.25) is 0 Å². The zero-order valence-corrected chi connectivity index (χ0v) is 9.17. The van der Waals surface area contributed by atoms with Crippen LogP contribution in [-0.4, -0.2) is 30.7 Å². The van der Waals surface area contributed by atoms with Crippen LogP contribution in [0.1, 0.15) is 5.56 Å². The minimum atomic E-state index is 0.0641. The Bertz CT molecular complexity index is 336. The summed E-state index contributed by atoms with van der Waals surface area (Å²) in [6.45, 7) is 1.06. The van der Waals surface area contributed by atoms with Crippen molar-refractivity contribution in [3.8, 4) is 6.07 Å². The van der Waals surface area contributed by atoms with E-state index in [4.69, 9.17) is 15.1 Å². The molecule has 0 aromatic heterocycles. The topological polar surface area (TPSA) is 53.2 Å². The molecule has 0 aliphatic rings. The van der Waals surface area contributed by atoms with Crippen molar-refractivity contribution in [2.24, 2.45) is 0 Å². The zero-order chi connectivity index (χ0) is 10.9. The van der Waals surface area contributed by atoms with Crippen molar-refractivity contribution >= 4 is 11.8 Å². The van der Waals surface area contributed by atoms with Gasteiger partial charge in [0.25, 0.3) is 0 Å². The van der Waals surface area contributed by atoms with E-state index in [1.807, 2.05) is 18.2 Å². The lowest BCUT2D eigenvalue weighted by atomic mass is 10.2. The van der Waals surface area contributed by atoms with Crippen LogP contribution in [0.15, 0.2) is 29.2 Å². The first-order valence-electron chi connectivity index (χ1n) is 4.68. The van der Waals surface area contributed by atoms with E-state index in [1.54, 1.807) is 17.8 Å². The van der Waals surface area contributed by atoms with Crippen LogP contribution in [0, 0.1) is 11.3 Å². The second-order valence-corrected chi connectivity index (χ2v) is 3.99. The maximum Gasteiger partial charge on any atom is 0.0992 e. The number of thioether (sulfide) groups is 1. The number of rotatable bonds is 6. The van der Waals surface area contributed by atoms with Crippen LogP contribution in [0.5, 0.6) is 0 Å². The standard InChI is InChI=1S/C11H13NO2S/c12-9-10-2-1-3-11(8-10)15-7-6-14-5-4-13/h1-3,8,13H,4-7H2. The van der Waals surface area contributed by atoms with Gasteiger partial charge in [-0.15, -0.1) is 11.8 Å². The first-order valence-corrected chi connectivity index (χ1v) is 5.67. The quantitative estimate of drug-likeness (QED) is 0.588. The van der Waals surface area contributed by atoms with Gasteiger partial charge in [-0.1, -0.05) is 6.07 Å². The molecule has 1 rings (SSSR count). The molecule has 0 atom stereocenters. The van der Waals surface area contributed by atoms with Gasteiger partial charge in [0.15, 0.2) is 0 Å². The zero-order valence-electron chi connectivity index (χ0n) is 8.35. The smallest absolute Gasteiger partial charge is 0.0992 e. The van der Waals surface area contributed by atoms with Crippen LogP contribution in [0.4, 0.5) is 0 Å². The van der Waals surface area contributed by atoms with E-state index in [-0.39, 0.29) is 6.61 Å². The molecule has 0 heterocycles. The van der Waals surface area contributed by atoms with Gasteiger partial charge >= 0.3 is 0 Å². The van der Waals surface area contributed by atoms with E-state index in [1.165, 1.54) is 0 Å². The molecule has 0 amide bonds. The molecule has 4 heteroatoms. The summed E-state index contributed by atoms with van der Waals surface area (Å²) < 4.78 is 5.13. The fourth-order valence-corrected chi connectivity index (χ4v) is 1.86. The van der Waals surface area contributed by atoms with E-state index < -0.39 is 0 Å². The lowest BCUT2D eigenvalue weighted by molar-refractivity contribution is 0.103. The molecule has 0 unspecified atom stereocenters. The predicted molar refractivity (Wildman–Crippen MR) is 59.8 cm³/mol. The third-order valence-electron chi connectivity index (χ3n) is 1.70. The summed E-state index contributed by atoms with van der Waals surface area (Å²) in [6, 6.07) is 9.58. The molecule has 0 radical (unpaired) electrons. The number of ether oxygens (including phenoxy) is 1. The Morgan fingerprint density at radius 3 is 3.00 bits per heavy atom. The summed E-state index contributed by atoms with van der Waals surface area (Å²) >= 11 is 1.64. The Labute approximate surface area is 93.7 Å². The molecule has 1 aromatic rings. The van der Waals surface area contributed by atoms with E-state index in [0.29, 0.717) is 18.8 Å². The van der Waals surface area contributed by atoms with Crippen molar-refractivity contribution in [3.63, 3.8) is 0 Å². The van der Waals surface area contributed by atoms with Gasteiger partial charge < -0.3 is 9.84 Å². The molecular weight excluding hydrogens is 210 g/mol. The molecule has 15 heavy (non-hydrogen) atoms. The predicted octanol–water partition coefficient (Wildman–Crippen LogP) is 1.66. The monoisotopic (exact) mass is 223 g/mol. The molecule has 1 N–H and O–H groups in total. The molecule has 1 aromatic carbocycles. The highest BCUT2D eigenvalue weighted by atomic mass is 32.2. The maximum absolute atomic E-state index is 8.69. The number of hydrogen-bond donors (Lipinski definition) is 1. The molecule has 0 spiro atoms. The number of nitrogens with zero attached hydrogens (tertiary/aromatic N) is 1. The molecular formula is C11H13NO2S. The van der Waals surface area contributed by atoms with Crippen LogP contribution in [0.25, 0.3) is 0 Å².